The van der Waals surface area contributed by atoms with Crippen molar-refractivity contribution in [3.8, 4) is 22.8 Å². The number of nitrogens with one attached hydrogen (secondary N) is 2. The second-order valence-electron chi connectivity index (χ2n) is 14.7. The number of aromatic nitrogens is 4. The number of ether oxygens (including phenoxy) is 2. The van der Waals surface area contributed by atoms with Gasteiger partial charge in [-0.3, -0.25) is 24.4 Å². The minimum Gasteiger partial charge on any atom is -0.493 e. The normalized spacial score (nSPS) is 22.5. The predicted octanol–water partition coefficient (Wildman–Crippen LogP) is 3.76. The summed E-state index contributed by atoms with van der Waals surface area (Å²) in [6.45, 7) is 4.10. The molecule has 280 valence electrons. The largest absolute Gasteiger partial charge is 0.493 e. The Morgan fingerprint density at radius 1 is 0.981 bits per heavy atom. The van der Waals surface area contributed by atoms with Crippen LogP contribution in [-0.2, 0) is 22.7 Å². The molecule has 0 saturated carbocycles. The zero-order valence-corrected chi connectivity index (χ0v) is 29.6. The topological polar surface area (TPSA) is 147 Å². The maximum absolute atomic E-state index is 14.5. The quantitative estimate of drug-likeness (QED) is 0.255. The van der Waals surface area contributed by atoms with Crippen LogP contribution < -0.4 is 29.9 Å². The maximum Gasteiger partial charge on any atom is 0.255 e. The summed E-state index contributed by atoms with van der Waals surface area (Å²) >= 11 is 0. The molecule has 2 aromatic carbocycles. The Hall–Kier alpha value is -5.80. The second-order valence-corrected chi connectivity index (χ2v) is 14.7. The number of piperidine rings is 2. The highest BCUT2D eigenvalue weighted by molar-refractivity contribution is 6.05. The molecule has 3 amide bonds. The number of methoxy groups -OCH3 is 1. The van der Waals surface area contributed by atoms with Crippen molar-refractivity contribution < 1.29 is 32.6 Å². The van der Waals surface area contributed by atoms with E-state index >= 15 is 0 Å². The van der Waals surface area contributed by atoms with Gasteiger partial charge in [-0.1, -0.05) is 6.07 Å². The Labute approximate surface area is 309 Å². The zero-order chi connectivity index (χ0) is 37.1. The van der Waals surface area contributed by atoms with Crippen LogP contribution in [0.3, 0.4) is 0 Å². The van der Waals surface area contributed by atoms with Crippen molar-refractivity contribution in [3.63, 3.8) is 0 Å². The van der Waals surface area contributed by atoms with E-state index in [9.17, 15) is 23.2 Å². The van der Waals surface area contributed by atoms with Crippen molar-refractivity contribution in [3.05, 3.63) is 71.6 Å². The molecular weight excluding hydrogens is 700 g/mol. The number of carbonyl (C=O) groups excluding carboxylic acids is 3. The summed E-state index contributed by atoms with van der Waals surface area (Å²) in [6.07, 6.45) is 6.89. The highest BCUT2D eigenvalue weighted by Gasteiger charge is 2.40. The van der Waals surface area contributed by atoms with Crippen LogP contribution in [0.2, 0.25) is 0 Å². The number of anilines is 3. The third kappa shape index (κ3) is 6.22. The SMILES string of the molecule is COc1c(F)cc(F)cc1-c1cc2c(nn1)NC[C@H]1C[C@@H](Oc3cnn(CC4CCN(c5ccc6c(c5)C(=O)N(C5CCC(=O)NC5=O)C6)CC4)c3)CN21. The Morgan fingerprint density at radius 3 is 2.65 bits per heavy atom. The van der Waals surface area contributed by atoms with E-state index in [-0.39, 0.29) is 41.7 Å². The molecular formula is C38H39F2N9O5. The molecule has 3 fully saturated rings. The van der Waals surface area contributed by atoms with Gasteiger partial charge in [-0.05, 0) is 55.0 Å². The third-order valence-corrected chi connectivity index (χ3v) is 11.3. The summed E-state index contributed by atoms with van der Waals surface area (Å²) in [4.78, 5) is 43.5. The van der Waals surface area contributed by atoms with Gasteiger partial charge in [-0.15, -0.1) is 10.2 Å². The van der Waals surface area contributed by atoms with Gasteiger partial charge in [0.25, 0.3) is 5.91 Å². The van der Waals surface area contributed by atoms with Gasteiger partial charge in [0.15, 0.2) is 23.1 Å². The average molecular weight is 740 g/mol. The van der Waals surface area contributed by atoms with Crippen LogP contribution in [0.25, 0.3) is 11.3 Å². The maximum atomic E-state index is 14.5. The van der Waals surface area contributed by atoms with Gasteiger partial charge >= 0.3 is 0 Å². The molecule has 0 bridgehead atoms. The number of hydrogen-bond acceptors (Lipinski definition) is 11. The molecule has 3 atom stereocenters. The fourth-order valence-electron chi connectivity index (χ4n) is 8.55. The fourth-order valence-corrected chi connectivity index (χ4v) is 8.55. The van der Waals surface area contributed by atoms with Crippen LogP contribution in [0.1, 0.15) is 48.0 Å². The van der Waals surface area contributed by atoms with E-state index in [1.165, 1.54) is 13.2 Å². The van der Waals surface area contributed by atoms with E-state index < -0.39 is 23.6 Å². The van der Waals surface area contributed by atoms with Gasteiger partial charge in [-0.2, -0.15) is 5.10 Å². The Morgan fingerprint density at radius 2 is 1.83 bits per heavy atom. The molecule has 16 heteroatoms. The first-order chi connectivity index (χ1) is 26.2. The van der Waals surface area contributed by atoms with E-state index in [0.29, 0.717) is 54.8 Å². The fraction of sp³-hybridized carbons (Fsp3) is 0.421. The molecule has 5 aliphatic heterocycles. The standard InChI is InChI=1S/C38H39F2N9O5/c1-53-35-29(10-23(39)11-30(35)40)31-14-33-36(45-44-31)41-15-25-12-26(20-48(25)33)54-27-16-42-47(19-27)17-21-6-8-46(9-7-21)24-3-2-22-18-49(38(52)28(22)13-24)32-4-5-34(50)43-37(32)51/h2-3,10-11,13-14,16,19,21,25-26,32H,4-9,12,15,17-18,20H2,1H3,(H,41,45)(H,43,50,51)/t25-,26-,32?/m1/s1. The van der Waals surface area contributed by atoms with Gasteiger partial charge < -0.3 is 29.5 Å². The number of benzene rings is 2. The number of halogens is 2. The number of amides is 3. The number of nitrogens with zero attached hydrogens (tertiary/aromatic N) is 7. The third-order valence-electron chi connectivity index (χ3n) is 11.3. The summed E-state index contributed by atoms with van der Waals surface area (Å²) in [5.74, 6) is -0.745. The Bertz CT molecular complexity index is 2150. The van der Waals surface area contributed by atoms with E-state index in [2.05, 4.69) is 41.8 Å². The monoisotopic (exact) mass is 739 g/mol. The average Bonchev–Trinajstić information content (AvgIpc) is 3.88. The molecule has 14 nitrogen and oxygen atoms in total. The van der Waals surface area contributed by atoms with Crippen molar-refractivity contribution >= 4 is 34.9 Å². The van der Waals surface area contributed by atoms with Crippen LogP contribution in [0.5, 0.6) is 11.5 Å². The van der Waals surface area contributed by atoms with Gasteiger partial charge in [0.2, 0.25) is 11.8 Å². The molecule has 7 heterocycles. The Balaban J connectivity index is 0.795. The summed E-state index contributed by atoms with van der Waals surface area (Å²) in [5.41, 5.74) is 3.81. The Kier molecular flexibility index (Phi) is 8.54. The van der Waals surface area contributed by atoms with E-state index in [0.717, 1.165) is 61.9 Å². The summed E-state index contributed by atoms with van der Waals surface area (Å²) in [6, 6.07) is 9.25. The molecule has 9 rings (SSSR count). The number of fused-ring (bicyclic) bond motifs is 4. The first-order valence-corrected chi connectivity index (χ1v) is 18.3. The van der Waals surface area contributed by atoms with Crippen LogP contribution >= 0.6 is 0 Å². The minimum atomic E-state index is -0.805. The summed E-state index contributed by atoms with van der Waals surface area (Å²) in [5, 5.41) is 18.9. The van der Waals surface area contributed by atoms with Crippen molar-refractivity contribution in [1.82, 2.24) is 30.2 Å². The lowest BCUT2D eigenvalue weighted by atomic mass is 9.96. The van der Waals surface area contributed by atoms with Crippen LogP contribution in [0.4, 0.5) is 26.0 Å². The molecule has 5 aliphatic rings. The number of hydrogen-bond donors (Lipinski definition) is 2. The highest BCUT2D eigenvalue weighted by Crippen LogP contribution is 2.40. The highest BCUT2D eigenvalue weighted by atomic mass is 19.1. The molecule has 0 aliphatic carbocycles. The molecule has 2 aromatic heterocycles. The predicted molar refractivity (Wildman–Crippen MR) is 192 cm³/mol. The van der Waals surface area contributed by atoms with Crippen LogP contribution in [0, 0.1) is 17.6 Å². The van der Waals surface area contributed by atoms with Gasteiger partial charge in [0.05, 0.1) is 49.0 Å². The van der Waals surface area contributed by atoms with E-state index in [4.69, 9.17) is 9.47 Å². The minimum absolute atomic E-state index is 0.0884. The lowest BCUT2D eigenvalue weighted by Gasteiger charge is -2.33. The molecule has 0 spiro atoms. The molecule has 3 saturated heterocycles. The smallest absolute Gasteiger partial charge is 0.255 e. The lowest BCUT2D eigenvalue weighted by molar-refractivity contribution is -0.136. The van der Waals surface area contributed by atoms with E-state index in [1.807, 2.05) is 23.0 Å². The van der Waals surface area contributed by atoms with Crippen molar-refractivity contribution in [2.24, 2.45) is 5.92 Å². The first-order valence-electron chi connectivity index (χ1n) is 18.3. The lowest BCUT2D eigenvalue weighted by Crippen LogP contribution is -2.52. The first kappa shape index (κ1) is 34.0. The molecule has 0 radical (unpaired) electrons. The second kappa shape index (κ2) is 13.6. The number of carbonyl (C=O) groups is 3. The van der Waals surface area contributed by atoms with Crippen molar-refractivity contribution in [2.45, 2.75) is 63.4 Å². The van der Waals surface area contributed by atoms with Gasteiger partial charge in [-0.25, -0.2) is 8.78 Å². The van der Waals surface area contributed by atoms with Crippen LogP contribution in [0.15, 0.2) is 48.8 Å². The van der Waals surface area contributed by atoms with Crippen LogP contribution in [-0.4, -0.2) is 94.1 Å². The molecule has 4 aromatic rings. The zero-order valence-electron chi connectivity index (χ0n) is 29.6. The van der Waals surface area contributed by atoms with E-state index in [1.54, 1.807) is 17.2 Å². The molecule has 1 unspecified atom stereocenters. The van der Waals surface area contributed by atoms with Gasteiger partial charge in [0.1, 0.15) is 18.0 Å². The number of imide groups is 1. The van der Waals surface area contributed by atoms with Crippen molar-refractivity contribution in [2.75, 3.05) is 48.4 Å². The molecule has 2 N–H and O–H groups in total. The van der Waals surface area contributed by atoms with Crippen molar-refractivity contribution in [1.29, 1.82) is 0 Å². The number of rotatable bonds is 8. The summed E-state index contributed by atoms with van der Waals surface area (Å²) < 4.78 is 42.2. The van der Waals surface area contributed by atoms with Gasteiger partial charge in [0, 0.05) is 62.9 Å². The molecule has 54 heavy (non-hydrogen) atoms. The summed E-state index contributed by atoms with van der Waals surface area (Å²) in [7, 11) is 1.33.